The van der Waals surface area contributed by atoms with Crippen LogP contribution in [0.5, 0.6) is 0 Å². The highest BCUT2D eigenvalue weighted by Crippen LogP contribution is 2.44. The topological polar surface area (TPSA) is 167 Å². The van der Waals surface area contributed by atoms with Crippen molar-refractivity contribution in [1.82, 2.24) is 0 Å². The summed E-state index contributed by atoms with van der Waals surface area (Å²) in [5.74, 6) is -4.58. The maximum Gasteiger partial charge on any atom is 0.340 e. The third kappa shape index (κ3) is 9.51. The molecule has 1 aliphatic heterocycles. The van der Waals surface area contributed by atoms with Gasteiger partial charge in [0.15, 0.2) is 25.2 Å². The summed E-state index contributed by atoms with van der Waals surface area (Å²) in [7, 11) is -2.02. The van der Waals surface area contributed by atoms with Crippen molar-refractivity contribution in [3.8, 4) is 0 Å². The average molecular weight is 538 g/mol. The van der Waals surface area contributed by atoms with E-state index in [9.17, 15) is 28.5 Å². The van der Waals surface area contributed by atoms with Crippen molar-refractivity contribution in [2.75, 3.05) is 33.7 Å². The summed E-state index contributed by atoms with van der Waals surface area (Å²) in [5.41, 5.74) is -1.94. The molecule has 0 aromatic heterocycles. The maximum atomic E-state index is 13.0. The molecule has 0 saturated carbocycles. The van der Waals surface area contributed by atoms with Gasteiger partial charge in [0.2, 0.25) is 0 Å². The van der Waals surface area contributed by atoms with Crippen LogP contribution in [0.1, 0.15) is 41.0 Å². The summed E-state index contributed by atoms with van der Waals surface area (Å²) in [4.78, 5) is 60.1. The van der Waals surface area contributed by atoms with E-state index in [-0.39, 0.29) is 6.42 Å². The molecule has 0 radical (unpaired) electrons. The van der Waals surface area contributed by atoms with Crippen molar-refractivity contribution in [1.29, 1.82) is 0 Å². The molecule has 1 aliphatic rings. The van der Waals surface area contributed by atoms with E-state index in [1.165, 1.54) is 20.3 Å². The lowest BCUT2D eigenvalue weighted by Gasteiger charge is -2.48. The minimum atomic E-state index is -3.12. The fraction of sp³-hybridized carbons (Fsp3) is 0.773. The van der Waals surface area contributed by atoms with Gasteiger partial charge in [0.1, 0.15) is 18.8 Å². The van der Waals surface area contributed by atoms with Crippen molar-refractivity contribution in [3.05, 3.63) is 0 Å². The Bertz CT molecular complexity index is 881. The van der Waals surface area contributed by atoms with Gasteiger partial charge in [-0.1, -0.05) is 6.92 Å². The lowest BCUT2D eigenvalue weighted by Crippen LogP contribution is -2.63. The molecule has 0 aromatic rings. The van der Waals surface area contributed by atoms with Gasteiger partial charge in [-0.05, 0) is 0 Å². The number of hydrogen-bond acceptors (Lipinski definition) is 13. The summed E-state index contributed by atoms with van der Waals surface area (Å²) in [6, 6.07) is 0. The Labute approximate surface area is 209 Å². The molecular weight excluding hydrogens is 503 g/mol. The van der Waals surface area contributed by atoms with Crippen molar-refractivity contribution in [2.24, 2.45) is 5.92 Å². The Morgan fingerprint density at radius 1 is 0.972 bits per heavy atom. The van der Waals surface area contributed by atoms with Crippen LogP contribution in [0.4, 0.5) is 0 Å². The van der Waals surface area contributed by atoms with E-state index >= 15 is 0 Å². The van der Waals surface area contributed by atoms with Gasteiger partial charge in [-0.25, -0.2) is 4.79 Å². The fourth-order valence-corrected chi connectivity index (χ4v) is 4.27. The van der Waals surface area contributed by atoms with E-state index in [4.69, 9.17) is 32.9 Å². The number of carbonyl (C=O) groups excluding carboxylic acids is 5. The quantitative estimate of drug-likeness (QED) is 0.209. The molecule has 6 atom stereocenters. The minimum Gasteiger partial charge on any atom is -0.467 e. The van der Waals surface area contributed by atoms with Crippen LogP contribution < -0.4 is 0 Å². The molecule has 6 unspecified atom stereocenters. The third-order valence-electron chi connectivity index (χ3n) is 5.24. The first-order valence-corrected chi connectivity index (χ1v) is 13.6. The van der Waals surface area contributed by atoms with E-state index in [1.54, 1.807) is 6.92 Å². The van der Waals surface area contributed by atoms with Gasteiger partial charge < -0.3 is 32.9 Å². The highest BCUT2D eigenvalue weighted by Gasteiger charge is 2.57. The third-order valence-corrected chi connectivity index (χ3v) is 5.99. The monoisotopic (exact) mass is 538 g/mol. The van der Waals surface area contributed by atoms with E-state index in [2.05, 4.69) is 0 Å². The molecule has 36 heavy (non-hydrogen) atoms. The predicted molar refractivity (Wildman–Crippen MR) is 122 cm³/mol. The largest absolute Gasteiger partial charge is 0.467 e. The molecule has 14 heteroatoms. The first-order valence-electron chi connectivity index (χ1n) is 11.1. The van der Waals surface area contributed by atoms with E-state index in [0.717, 1.165) is 27.9 Å². The molecule has 13 nitrogen and oxygen atoms in total. The van der Waals surface area contributed by atoms with Gasteiger partial charge in [-0.15, -0.1) is 0 Å². The van der Waals surface area contributed by atoms with Crippen LogP contribution in [0.25, 0.3) is 0 Å². The van der Waals surface area contributed by atoms with Gasteiger partial charge in [-0.2, -0.15) is 0 Å². The zero-order valence-electron chi connectivity index (χ0n) is 21.8. The average Bonchev–Trinajstić information content (AvgIpc) is 2.73. The standard InChI is InChI=1S/C22H35O13P/c1-12-17(32-14(3)24)9-22(21(27)29-6,11-31-36(7,8)28)35-19(12)20(34-16(5)26)18(33-15(4)25)10-30-13(2)23/h12,17-20H,9-11H2,1-8H3. The first-order chi connectivity index (χ1) is 16.5. The second-order valence-corrected chi connectivity index (χ2v) is 11.6. The van der Waals surface area contributed by atoms with Crippen molar-refractivity contribution in [2.45, 2.75) is 71.1 Å². The first kappa shape index (κ1) is 31.5. The highest BCUT2D eigenvalue weighted by molar-refractivity contribution is 7.57. The fourth-order valence-electron chi connectivity index (χ4n) is 3.75. The van der Waals surface area contributed by atoms with Crippen molar-refractivity contribution in [3.63, 3.8) is 0 Å². The van der Waals surface area contributed by atoms with E-state index < -0.39 is 86.4 Å². The summed E-state index contributed by atoms with van der Waals surface area (Å²) in [6.07, 6.45) is -5.24. The van der Waals surface area contributed by atoms with E-state index in [0.29, 0.717) is 0 Å². The zero-order chi connectivity index (χ0) is 27.8. The number of methoxy groups -OCH3 is 1. The van der Waals surface area contributed by atoms with Gasteiger partial charge in [-0.3, -0.25) is 23.7 Å². The smallest absolute Gasteiger partial charge is 0.340 e. The molecule has 206 valence electrons. The predicted octanol–water partition coefficient (Wildman–Crippen LogP) is 1.24. The number of esters is 5. The molecule has 1 heterocycles. The number of carbonyl (C=O) groups is 5. The summed E-state index contributed by atoms with van der Waals surface area (Å²) >= 11 is 0. The highest BCUT2D eigenvalue weighted by atomic mass is 31.2. The molecule has 0 spiro atoms. The molecule has 0 amide bonds. The van der Waals surface area contributed by atoms with Gasteiger partial charge >= 0.3 is 29.8 Å². The second-order valence-electron chi connectivity index (χ2n) is 8.83. The van der Waals surface area contributed by atoms with Crippen LogP contribution in [0.2, 0.25) is 0 Å². The number of hydrogen-bond donors (Lipinski definition) is 0. The number of rotatable bonds is 11. The Morgan fingerprint density at radius 3 is 2.00 bits per heavy atom. The number of ether oxygens (including phenoxy) is 6. The molecule has 0 aromatic carbocycles. The van der Waals surface area contributed by atoms with Gasteiger partial charge in [0.25, 0.3) is 0 Å². The van der Waals surface area contributed by atoms with Gasteiger partial charge in [0.05, 0.1) is 13.7 Å². The Morgan fingerprint density at radius 2 is 1.56 bits per heavy atom. The van der Waals surface area contributed by atoms with Crippen LogP contribution >= 0.6 is 7.37 Å². The molecular formula is C22H35O13P. The summed E-state index contributed by atoms with van der Waals surface area (Å²) < 4.78 is 49.9. The van der Waals surface area contributed by atoms with Crippen LogP contribution in [0, 0.1) is 5.92 Å². The molecule has 1 saturated heterocycles. The maximum absolute atomic E-state index is 13.0. The molecule has 0 N–H and O–H groups in total. The lowest BCUT2D eigenvalue weighted by atomic mass is 9.80. The Hall–Kier alpha value is -2.50. The molecule has 1 fully saturated rings. The van der Waals surface area contributed by atoms with Crippen LogP contribution in [-0.4, -0.2) is 93.5 Å². The Balaban J connectivity index is 3.64. The SMILES string of the molecule is COC(=O)C1(COP(C)(C)=O)CC(OC(C)=O)C(C)C(C(OC(C)=O)C(COC(C)=O)OC(C)=O)O1. The van der Waals surface area contributed by atoms with Crippen molar-refractivity contribution < 1.29 is 61.5 Å². The van der Waals surface area contributed by atoms with Crippen LogP contribution in [0.15, 0.2) is 0 Å². The second kappa shape index (κ2) is 13.2. The minimum absolute atomic E-state index is 0.230. The summed E-state index contributed by atoms with van der Waals surface area (Å²) in [5, 5.41) is 0. The van der Waals surface area contributed by atoms with Crippen LogP contribution in [0.3, 0.4) is 0 Å². The Kier molecular flexibility index (Phi) is 11.5. The zero-order valence-corrected chi connectivity index (χ0v) is 22.7. The van der Waals surface area contributed by atoms with E-state index in [1.807, 2.05) is 0 Å². The van der Waals surface area contributed by atoms with Crippen molar-refractivity contribution >= 4 is 37.2 Å². The molecule has 0 bridgehead atoms. The van der Waals surface area contributed by atoms with Gasteiger partial charge in [0, 0.05) is 53.4 Å². The van der Waals surface area contributed by atoms with Crippen LogP contribution in [-0.2, 0) is 61.5 Å². The lowest BCUT2D eigenvalue weighted by molar-refractivity contribution is -0.253. The molecule has 0 aliphatic carbocycles. The molecule has 1 rings (SSSR count). The normalized spacial score (nSPS) is 25.6. The summed E-state index contributed by atoms with van der Waals surface area (Å²) in [6.45, 7) is 7.74.